The predicted octanol–water partition coefficient (Wildman–Crippen LogP) is 5.26. The van der Waals surface area contributed by atoms with Crippen molar-refractivity contribution in [3.05, 3.63) is 69.7 Å². The first-order valence-electron chi connectivity index (χ1n) is 13.7. The van der Waals surface area contributed by atoms with Crippen molar-refractivity contribution in [1.29, 1.82) is 0 Å². The molecule has 8 heteroatoms. The average Bonchev–Trinajstić information content (AvgIpc) is 3.48. The van der Waals surface area contributed by atoms with Crippen LogP contribution in [0.3, 0.4) is 0 Å². The van der Waals surface area contributed by atoms with Gasteiger partial charge in [-0.15, -0.1) is 0 Å². The molecule has 38 heavy (non-hydrogen) atoms. The first-order valence-corrected chi connectivity index (χ1v) is 14.4. The van der Waals surface area contributed by atoms with E-state index in [-0.39, 0.29) is 23.3 Å². The van der Waals surface area contributed by atoms with Crippen molar-refractivity contribution in [3.8, 4) is 0 Å². The number of halogens is 2. The SMILES string of the molecule is CN(C)C(=O)C1(N2CCCC2)CCN(CCC(CN(C)C(=O)c2ccccc2)c2ccc(Cl)c(Cl)c2)CC1. The molecule has 2 amide bonds. The summed E-state index contributed by atoms with van der Waals surface area (Å²) in [7, 11) is 5.61. The van der Waals surface area contributed by atoms with E-state index < -0.39 is 0 Å². The zero-order valence-electron chi connectivity index (χ0n) is 22.8. The number of benzene rings is 2. The van der Waals surface area contributed by atoms with Gasteiger partial charge < -0.3 is 14.7 Å². The van der Waals surface area contributed by atoms with Crippen molar-refractivity contribution >= 4 is 35.0 Å². The molecule has 0 aliphatic carbocycles. The zero-order valence-corrected chi connectivity index (χ0v) is 24.3. The van der Waals surface area contributed by atoms with E-state index in [2.05, 4.69) is 9.80 Å². The fraction of sp³-hybridized carbons (Fsp3) is 0.533. The number of likely N-dealkylation sites (N-methyl/N-ethyl adjacent to an activating group) is 2. The van der Waals surface area contributed by atoms with Gasteiger partial charge in [0.05, 0.1) is 10.0 Å². The first-order chi connectivity index (χ1) is 18.2. The van der Waals surface area contributed by atoms with Crippen LogP contribution in [0.4, 0.5) is 0 Å². The van der Waals surface area contributed by atoms with E-state index in [4.69, 9.17) is 23.2 Å². The van der Waals surface area contributed by atoms with E-state index in [0.29, 0.717) is 22.2 Å². The summed E-state index contributed by atoms with van der Waals surface area (Å²) in [5.74, 6) is 0.358. The molecule has 206 valence electrons. The second-order valence-corrected chi connectivity index (χ2v) is 11.8. The molecule has 1 unspecified atom stereocenters. The number of hydrogen-bond acceptors (Lipinski definition) is 4. The van der Waals surface area contributed by atoms with Crippen molar-refractivity contribution in [1.82, 2.24) is 19.6 Å². The van der Waals surface area contributed by atoms with Gasteiger partial charge in [0.15, 0.2) is 0 Å². The molecule has 2 fully saturated rings. The Morgan fingerprint density at radius 3 is 2.18 bits per heavy atom. The highest BCUT2D eigenvalue weighted by Crippen LogP contribution is 2.35. The Labute approximate surface area is 237 Å². The van der Waals surface area contributed by atoms with E-state index in [1.165, 1.54) is 12.8 Å². The van der Waals surface area contributed by atoms with Gasteiger partial charge in [0.2, 0.25) is 5.91 Å². The summed E-state index contributed by atoms with van der Waals surface area (Å²) in [5.41, 5.74) is 1.39. The number of amides is 2. The Balaban J connectivity index is 1.44. The third-order valence-corrected chi connectivity index (χ3v) is 9.01. The maximum atomic E-state index is 13.3. The molecular weight excluding hydrogens is 519 g/mol. The van der Waals surface area contributed by atoms with Crippen LogP contribution in [-0.2, 0) is 4.79 Å². The van der Waals surface area contributed by atoms with Crippen molar-refractivity contribution in [2.45, 2.75) is 43.6 Å². The van der Waals surface area contributed by atoms with Crippen LogP contribution in [0.2, 0.25) is 10.0 Å². The van der Waals surface area contributed by atoms with Crippen LogP contribution in [0.25, 0.3) is 0 Å². The van der Waals surface area contributed by atoms with Gasteiger partial charge in [0, 0.05) is 52.3 Å². The van der Waals surface area contributed by atoms with E-state index >= 15 is 0 Å². The Morgan fingerprint density at radius 1 is 0.921 bits per heavy atom. The number of likely N-dealkylation sites (tertiary alicyclic amines) is 2. The number of carbonyl (C=O) groups excluding carboxylic acids is 2. The zero-order chi connectivity index (χ0) is 27.3. The number of rotatable bonds is 9. The fourth-order valence-electron chi connectivity index (χ4n) is 6.06. The molecule has 2 saturated heterocycles. The molecule has 2 aromatic rings. The van der Waals surface area contributed by atoms with Crippen LogP contribution in [0, 0.1) is 0 Å². The fourth-order valence-corrected chi connectivity index (χ4v) is 6.36. The van der Waals surface area contributed by atoms with Crippen molar-refractivity contribution in [3.63, 3.8) is 0 Å². The van der Waals surface area contributed by atoms with E-state index in [9.17, 15) is 9.59 Å². The minimum absolute atomic E-state index is 0.00577. The van der Waals surface area contributed by atoms with Gasteiger partial charge in [-0.2, -0.15) is 0 Å². The lowest BCUT2D eigenvalue weighted by molar-refractivity contribution is -0.145. The number of piperidine rings is 1. The van der Waals surface area contributed by atoms with Gasteiger partial charge in [-0.25, -0.2) is 0 Å². The van der Waals surface area contributed by atoms with E-state index in [0.717, 1.165) is 57.5 Å². The maximum Gasteiger partial charge on any atom is 0.253 e. The maximum absolute atomic E-state index is 13.3. The Hall–Kier alpha value is -2.12. The molecule has 0 radical (unpaired) electrons. The number of hydrogen-bond donors (Lipinski definition) is 0. The minimum atomic E-state index is -0.373. The average molecular weight is 560 g/mol. The van der Waals surface area contributed by atoms with Crippen LogP contribution < -0.4 is 0 Å². The van der Waals surface area contributed by atoms with Crippen molar-refractivity contribution in [2.24, 2.45) is 0 Å². The number of carbonyl (C=O) groups is 2. The largest absolute Gasteiger partial charge is 0.347 e. The monoisotopic (exact) mass is 558 g/mol. The highest BCUT2D eigenvalue weighted by molar-refractivity contribution is 6.42. The normalized spacial score (nSPS) is 18.8. The molecule has 0 saturated carbocycles. The molecule has 2 aliphatic rings. The molecule has 4 rings (SSSR count). The van der Waals surface area contributed by atoms with Crippen LogP contribution in [0.1, 0.15) is 53.9 Å². The summed E-state index contributed by atoms with van der Waals surface area (Å²) in [6, 6.07) is 15.2. The second-order valence-electron chi connectivity index (χ2n) is 11.0. The summed E-state index contributed by atoms with van der Waals surface area (Å²) in [4.78, 5) is 34.9. The summed E-state index contributed by atoms with van der Waals surface area (Å²) >= 11 is 12.6. The highest BCUT2D eigenvalue weighted by Gasteiger charge is 2.47. The molecule has 2 aromatic carbocycles. The molecule has 0 spiro atoms. The van der Waals surface area contributed by atoms with Crippen LogP contribution >= 0.6 is 23.2 Å². The summed E-state index contributed by atoms with van der Waals surface area (Å²) < 4.78 is 0. The molecule has 0 aromatic heterocycles. The molecule has 2 heterocycles. The van der Waals surface area contributed by atoms with Gasteiger partial charge in [-0.1, -0.05) is 47.5 Å². The third-order valence-electron chi connectivity index (χ3n) is 8.27. The van der Waals surface area contributed by atoms with Crippen LogP contribution in [0.15, 0.2) is 48.5 Å². The Bertz CT molecular complexity index is 1100. The lowest BCUT2D eigenvalue weighted by Gasteiger charge is -2.47. The highest BCUT2D eigenvalue weighted by atomic mass is 35.5. The summed E-state index contributed by atoms with van der Waals surface area (Å²) in [6.45, 7) is 5.29. The molecule has 1 atom stereocenters. The molecule has 0 bridgehead atoms. The van der Waals surface area contributed by atoms with Crippen LogP contribution in [-0.4, -0.2) is 97.4 Å². The topological polar surface area (TPSA) is 47.1 Å². The smallest absolute Gasteiger partial charge is 0.253 e. The van der Waals surface area contributed by atoms with Gasteiger partial charge in [0.1, 0.15) is 5.54 Å². The second kappa shape index (κ2) is 12.8. The minimum Gasteiger partial charge on any atom is -0.347 e. The summed E-state index contributed by atoms with van der Waals surface area (Å²) in [6.07, 6.45) is 4.93. The van der Waals surface area contributed by atoms with Crippen molar-refractivity contribution in [2.75, 3.05) is 60.4 Å². The van der Waals surface area contributed by atoms with Crippen molar-refractivity contribution < 1.29 is 9.59 Å². The van der Waals surface area contributed by atoms with Gasteiger partial charge in [0.25, 0.3) is 5.91 Å². The molecule has 0 N–H and O–H groups in total. The molecular formula is C30H40Cl2N4O2. The number of nitrogens with zero attached hydrogens (tertiary/aromatic N) is 4. The lowest BCUT2D eigenvalue weighted by Crippen LogP contribution is -2.62. The standard InChI is InChI=1S/C30H40Cl2N4O2/c1-33(2)29(38)30(36-16-7-8-17-36)14-19-35(20-15-30)18-13-25(24-11-12-26(31)27(32)21-24)22-34(3)28(37)23-9-5-4-6-10-23/h4-6,9-12,21,25H,7-8,13-20,22H2,1-3H3. The van der Waals surface area contributed by atoms with E-state index in [1.807, 2.05) is 69.7 Å². The van der Waals surface area contributed by atoms with Gasteiger partial charge in [-0.05, 0) is 81.6 Å². The van der Waals surface area contributed by atoms with Gasteiger partial charge in [-0.3, -0.25) is 14.5 Å². The Kier molecular flexibility index (Phi) is 9.74. The summed E-state index contributed by atoms with van der Waals surface area (Å²) in [5, 5.41) is 1.06. The van der Waals surface area contributed by atoms with E-state index in [1.54, 1.807) is 9.80 Å². The lowest BCUT2D eigenvalue weighted by atomic mass is 9.84. The molecule has 2 aliphatic heterocycles. The Morgan fingerprint density at radius 2 is 1.58 bits per heavy atom. The molecule has 6 nitrogen and oxygen atoms in total. The van der Waals surface area contributed by atoms with Gasteiger partial charge >= 0.3 is 0 Å². The quantitative estimate of drug-likeness (QED) is 0.421. The predicted molar refractivity (Wildman–Crippen MR) is 155 cm³/mol. The van der Waals surface area contributed by atoms with Crippen LogP contribution in [0.5, 0.6) is 0 Å². The third kappa shape index (κ3) is 6.53. The first kappa shape index (κ1) is 28.9.